The third-order valence-corrected chi connectivity index (χ3v) is 1.91. The number of hydrogen-bond donors (Lipinski definition) is 2. The standard InChI is InChI=1S/C7H18NO3P/c1-7(2)6-11-5-4-8-12(3,9)10/h7H,4-6H2,1-3H3,(H2,8,9,10). The summed E-state index contributed by atoms with van der Waals surface area (Å²) in [5.41, 5.74) is 0. The summed E-state index contributed by atoms with van der Waals surface area (Å²) in [5, 5.41) is 2.48. The average molecular weight is 195 g/mol. The van der Waals surface area contributed by atoms with Crippen LogP contribution in [0.15, 0.2) is 0 Å². The fourth-order valence-corrected chi connectivity index (χ4v) is 1.15. The molecule has 1 atom stereocenters. The molecule has 12 heavy (non-hydrogen) atoms. The molecule has 0 heterocycles. The number of nitrogens with one attached hydrogen (secondary N) is 1. The van der Waals surface area contributed by atoms with Gasteiger partial charge < -0.3 is 9.63 Å². The van der Waals surface area contributed by atoms with Crippen molar-refractivity contribution in [2.24, 2.45) is 5.92 Å². The molecule has 0 amide bonds. The minimum Gasteiger partial charge on any atom is -0.380 e. The summed E-state index contributed by atoms with van der Waals surface area (Å²) in [4.78, 5) is 8.82. The number of hydrogen-bond acceptors (Lipinski definition) is 2. The van der Waals surface area contributed by atoms with Crippen molar-refractivity contribution in [3.63, 3.8) is 0 Å². The van der Waals surface area contributed by atoms with Crippen LogP contribution in [0.25, 0.3) is 0 Å². The van der Waals surface area contributed by atoms with Crippen molar-refractivity contribution in [1.29, 1.82) is 0 Å². The smallest absolute Gasteiger partial charge is 0.264 e. The van der Waals surface area contributed by atoms with Crippen LogP contribution in [0, 0.1) is 5.92 Å². The van der Waals surface area contributed by atoms with Gasteiger partial charge in [-0.15, -0.1) is 0 Å². The minimum absolute atomic E-state index is 0.428. The molecule has 0 saturated heterocycles. The summed E-state index contributed by atoms with van der Waals surface area (Å²) in [6.07, 6.45) is 0. The SMILES string of the molecule is CC(C)COCCNP(C)(=O)O. The van der Waals surface area contributed by atoms with Gasteiger partial charge in [0.1, 0.15) is 0 Å². The topological polar surface area (TPSA) is 58.6 Å². The molecule has 5 heteroatoms. The Bertz CT molecular complexity index is 155. The highest BCUT2D eigenvalue weighted by Crippen LogP contribution is 2.27. The molecule has 0 spiro atoms. The molecular formula is C7H18NO3P. The van der Waals surface area contributed by atoms with E-state index in [2.05, 4.69) is 18.9 Å². The van der Waals surface area contributed by atoms with Crippen molar-refractivity contribution < 1.29 is 14.2 Å². The van der Waals surface area contributed by atoms with Crippen molar-refractivity contribution in [1.82, 2.24) is 5.09 Å². The van der Waals surface area contributed by atoms with Crippen molar-refractivity contribution in [3.8, 4) is 0 Å². The monoisotopic (exact) mass is 195 g/mol. The van der Waals surface area contributed by atoms with Gasteiger partial charge in [0.05, 0.1) is 6.61 Å². The summed E-state index contributed by atoms with van der Waals surface area (Å²) in [6.45, 7) is 7.00. The lowest BCUT2D eigenvalue weighted by molar-refractivity contribution is 0.114. The maximum atomic E-state index is 10.7. The van der Waals surface area contributed by atoms with Gasteiger partial charge in [-0.1, -0.05) is 13.8 Å². The summed E-state index contributed by atoms with van der Waals surface area (Å²) >= 11 is 0. The van der Waals surface area contributed by atoms with Gasteiger partial charge in [0.15, 0.2) is 0 Å². The fraction of sp³-hybridized carbons (Fsp3) is 1.00. The van der Waals surface area contributed by atoms with Crippen LogP contribution in [0.3, 0.4) is 0 Å². The lowest BCUT2D eigenvalue weighted by Gasteiger charge is -2.09. The highest BCUT2D eigenvalue weighted by atomic mass is 31.2. The van der Waals surface area contributed by atoms with Crippen molar-refractivity contribution in [2.45, 2.75) is 13.8 Å². The summed E-state index contributed by atoms with van der Waals surface area (Å²) in [5.74, 6) is 0.507. The lowest BCUT2D eigenvalue weighted by atomic mass is 10.2. The van der Waals surface area contributed by atoms with Gasteiger partial charge >= 0.3 is 0 Å². The summed E-state index contributed by atoms with van der Waals surface area (Å²) < 4.78 is 15.9. The zero-order chi connectivity index (χ0) is 9.61. The largest absolute Gasteiger partial charge is 0.380 e. The molecule has 0 bridgehead atoms. The van der Waals surface area contributed by atoms with Crippen LogP contribution in [-0.2, 0) is 9.30 Å². The predicted octanol–water partition coefficient (Wildman–Crippen LogP) is 1.06. The number of ether oxygens (including phenoxy) is 1. The van der Waals surface area contributed by atoms with Crippen LogP contribution in [0.4, 0.5) is 0 Å². The first-order chi connectivity index (χ1) is 5.42. The summed E-state index contributed by atoms with van der Waals surface area (Å²) in [7, 11) is -3.06. The second-order valence-corrected chi connectivity index (χ2v) is 5.33. The molecule has 0 aliphatic heterocycles. The molecule has 0 fully saturated rings. The molecule has 2 N–H and O–H groups in total. The van der Waals surface area contributed by atoms with E-state index in [0.717, 1.165) is 0 Å². The van der Waals surface area contributed by atoms with Crippen LogP contribution < -0.4 is 5.09 Å². The molecule has 0 aliphatic carbocycles. The zero-order valence-corrected chi connectivity index (χ0v) is 8.80. The maximum Gasteiger partial charge on any atom is 0.264 e. The van der Waals surface area contributed by atoms with Gasteiger partial charge in [-0.05, 0) is 5.92 Å². The van der Waals surface area contributed by atoms with E-state index in [1.165, 1.54) is 6.66 Å². The minimum atomic E-state index is -3.06. The molecule has 1 unspecified atom stereocenters. The van der Waals surface area contributed by atoms with Gasteiger partial charge in [0.25, 0.3) is 7.52 Å². The van der Waals surface area contributed by atoms with Crippen LogP contribution >= 0.6 is 7.52 Å². The van der Waals surface area contributed by atoms with Gasteiger partial charge in [0, 0.05) is 19.8 Å². The Labute approximate surface area is 73.8 Å². The Kier molecular flexibility index (Phi) is 5.76. The molecule has 4 nitrogen and oxygen atoms in total. The van der Waals surface area contributed by atoms with E-state index < -0.39 is 7.52 Å². The summed E-state index contributed by atoms with van der Waals surface area (Å²) in [6, 6.07) is 0. The zero-order valence-electron chi connectivity index (χ0n) is 7.91. The van der Waals surface area contributed by atoms with E-state index in [9.17, 15) is 4.57 Å². The third-order valence-electron chi connectivity index (χ3n) is 1.10. The number of rotatable bonds is 6. The van der Waals surface area contributed by atoms with E-state index in [1.807, 2.05) is 0 Å². The molecule has 0 saturated carbocycles. The van der Waals surface area contributed by atoms with Crippen molar-refractivity contribution in [3.05, 3.63) is 0 Å². The first-order valence-electron chi connectivity index (χ1n) is 4.05. The van der Waals surface area contributed by atoms with Gasteiger partial charge in [-0.3, -0.25) is 4.57 Å². The average Bonchev–Trinajstić information content (AvgIpc) is 1.83. The first kappa shape index (κ1) is 12.1. The maximum absolute atomic E-state index is 10.7. The third kappa shape index (κ3) is 10.1. The van der Waals surface area contributed by atoms with E-state index in [-0.39, 0.29) is 0 Å². The Balaban J connectivity index is 3.17. The molecule has 0 rings (SSSR count). The molecule has 74 valence electrons. The van der Waals surface area contributed by atoms with E-state index >= 15 is 0 Å². The predicted molar refractivity (Wildman–Crippen MR) is 49.4 cm³/mol. The molecule has 0 aliphatic rings. The first-order valence-corrected chi connectivity index (χ1v) is 6.15. The van der Waals surface area contributed by atoms with E-state index in [4.69, 9.17) is 9.63 Å². The fourth-order valence-electron chi connectivity index (χ4n) is 0.644. The normalized spacial score (nSPS) is 16.4. The van der Waals surface area contributed by atoms with Crippen molar-refractivity contribution in [2.75, 3.05) is 26.4 Å². The van der Waals surface area contributed by atoms with E-state index in [0.29, 0.717) is 25.7 Å². The Morgan fingerprint density at radius 3 is 2.58 bits per heavy atom. The second-order valence-electron chi connectivity index (χ2n) is 3.26. The Morgan fingerprint density at radius 1 is 1.58 bits per heavy atom. The molecule has 0 radical (unpaired) electrons. The van der Waals surface area contributed by atoms with Crippen LogP contribution in [0.2, 0.25) is 0 Å². The van der Waals surface area contributed by atoms with Gasteiger partial charge in [-0.2, -0.15) is 0 Å². The second kappa shape index (κ2) is 5.70. The molecule has 0 aromatic rings. The van der Waals surface area contributed by atoms with Crippen LogP contribution in [0.5, 0.6) is 0 Å². The van der Waals surface area contributed by atoms with Crippen LogP contribution in [-0.4, -0.2) is 31.3 Å². The van der Waals surface area contributed by atoms with Gasteiger partial charge in [-0.25, -0.2) is 5.09 Å². The Morgan fingerprint density at radius 2 is 2.17 bits per heavy atom. The highest BCUT2D eigenvalue weighted by Gasteiger charge is 2.06. The molecule has 0 aromatic carbocycles. The van der Waals surface area contributed by atoms with E-state index in [1.54, 1.807) is 0 Å². The quantitative estimate of drug-likeness (QED) is 0.491. The van der Waals surface area contributed by atoms with Gasteiger partial charge in [0.2, 0.25) is 0 Å². The highest BCUT2D eigenvalue weighted by molar-refractivity contribution is 7.54. The van der Waals surface area contributed by atoms with Crippen LogP contribution in [0.1, 0.15) is 13.8 Å². The molecule has 0 aromatic heterocycles. The lowest BCUT2D eigenvalue weighted by Crippen LogP contribution is -2.17. The Hall–Kier alpha value is 0.110. The van der Waals surface area contributed by atoms with Crippen molar-refractivity contribution >= 4 is 7.52 Å². The molecular weight excluding hydrogens is 177 g/mol.